The van der Waals surface area contributed by atoms with Crippen LogP contribution in [0.5, 0.6) is 0 Å². The molecule has 0 atom stereocenters. The van der Waals surface area contributed by atoms with Gasteiger partial charge in [-0.3, -0.25) is 14.2 Å². The Bertz CT molecular complexity index is 1400. The Hall–Kier alpha value is -3.86. The highest BCUT2D eigenvalue weighted by atomic mass is 32.1. The van der Waals surface area contributed by atoms with E-state index in [-0.39, 0.29) is 28.7 Å². The summed E-state index contributed by atoms with van der Waals surface area (Å²) >= 11 is 1.22. The first-order chi connectivity index (χ1) is 16.5. The predicted molar refractivity (Wildman–Crippen MR) is 138 cm³/mol. The molecular formula is C24H29N5O5S. The predicted octanol–water partition coefficient (Wildman–Crippen LogP) is 2.36. The Morgan fingerprint density at radius 1 is 1.14 bits per heavy atom. The van der Waals surface area contributed by atoms with Crippen molar-refractivity contribution in [3.8, 4) is 11.1 Å². The Balaban J connectivity index is 2.04. The van der Waals surface area contributed by atoms with E-state index in [1.54, 1.807) is 21.0 Å². The fourth-order valence-corrected chi connectivity index (χ4v) is 4.82. The molecule has 0 aliphatic rings. The second-order valence-corrected chi connectivity index (χ2v) is 9.46. The average Bonchev–Trinajstić information content (AvgIpc) is 3.11. The quantitative estimate of drug-likeness (QED) is 0.478. The molecule has 2 aromatic heterocycles. The van der Waals surface area contributed by atoms with Crippen LogP contribution in [0.15, 0.2) is 33.9 Å². The molecule has 0 radical (unpaired) electrons. The molecule has 0 fully saturated rings. The van der Waals surface area contributed by atoms with Crippen molar-refractivity contribution in [3.05, 3.63) is 61.1 Å². The van der Waals surface area contributed by atoms with Gasteiger partial charge in [0.15, 0.2) is 0 Å². The zero-order valence-electron chi connectivity index (χ0n) is 20.6. The fourth-order valence-electron chi connectivity index (χ4n) is 3.74. The number of hydrogen-bond acceptors (Lipinski definition) is 8. The second kappa shape index (κ2) is 10.2. The van der Waals surface area contributed by atoms with E-state index in [2.05, 4.69) is 5.32 Å². The van der Waals surface area contributed by atoms with Crippen LogP contribution < -0.4 is 27.2 Å². The van der Waals surface area contributed by atoms with Gasteiger partial charge in [0.2, 0.25) is 5.91 Å². The average molecular weight is 500 g/mol. The molecule has 0 aliphatic carbocycles. The number of ether oxygens (including phenoxy) is 1. The van der Waals surface area contributed by atoms with Crippen LogP contribution in [-0.4, -0.2) is 41.7 Å². The lowest BCUT2D eigenvalue weighted by molar-refractivity contribution is -0.116. The zero-order valence-corrected chi connectivity index (χ0v) is 21.4. The lowest BCUT2D eigenvalue weighted by Gasteiger charge is -2.18. The molecular weight excluding hydrogens is 470 g/mol. The minimum atomic E-state index is -0.721. The largest absolute Gasteiger partial charge is 0.462 e. The lowest BCUT2D eigenvalue weighted by atomic mass is 10.0. The third-order valence-corrected chi connectivity index (χ3v) is 6.50. The number of carbonyl (C=O) groups excluding carboxylic acids is 2. The summed E-state index contributed by atoms with van der Waals surface area (Å²) in [7, 11) is 4.66. The standard InChI is InChI=1S/C24H29N5O5S/c1-7-34-23(32)18-17(15-10-8-13(2)9-11-15)14(3)35-21(18)26-16(30)12-29-22(31)19(27(4)5)20(25)28(6)24(29)33/h8-11H,7,12,25H2,1-6H3,(H,26,30). The van der Waals surface area contributed by atoms with Crippen LogP contribution in [0.4, 0.5) is 16.5 Å². The normalized spacial score (nSPS) is 10.8. The number of nitrogens with one attached hydrogen (secondary N) is 1. The first-order valence-electron chi connectivity index (χ1n) is 10.9. The highest BCUT2D eigenvalue weighted by Crippen LogP contribution is 2.40. The summed E-state index contributed by atoms with van der Waals surface area (Å²) in [4.78, 5) is 53.8. The van der Waals surface area contributed by atoms with E-state index in [1.165, 1.54) is 23.3 Å². The van der Waals surface area contributed by atoms with E-state index < -0.39 is 29.7 Å². The van der Waals surface area contributed by atoms with E-state index in [0.29, 0.717) is 5.56 Å². The molecule has 35 heavy (non-hydrogen) atoms. The molecule has 3 rings (SSSR count). The van der Waals surface area contributed by atoms with Gasteiger partial charge >= 0.3 is 11.7 Å². The number of nitrogens with zero attached hydrogens (tertiary/aromatic N) is 3. The number of nitrogens with two attached hydrogens (primary N) is 1. The van der Waals surface area contributed by atoms with Crippen molar-refractivity contribution < 1.29 is 14.3 Å². The third kappa shape index (κ3) is 4.99. The van der Waals surface area contributed by atoms with E-state index in [9.17, 15) is 19.2 Å². The Kier molecular flexibility index (Phi) is 7.49. The number of amides is 1. The van der Waals surface area contributed by atoms with E-state index in [1.807, 2.05) is 38.1 Å². The first kappa shape index (κ1) is 25.8. The number of rotatable bonds is 7. The van der Waals surface area contributed by atoms with Crippen molar-refractivity contribution in [3.63, 3.8) is 0 Å². The van der Waals surface area contributed by atoms with E-state index in [4.69, 9.17) is 10.5 Å². The molecule has 1 amide bonds. The summed E-state index contributed by atoms with van der Waals surface area (Å²) in [5.74, 6) is -1.21. The van der Waals surface area contributed by atoms with Gasteiger partial charge in [0.25, 0.3) is 5.56 Å². The molecule has 186 valence electrons. The maximum Gasteiger partial charge on any atom is 0.341 e. The van der Waals surface area contributed by atoms with Gasteiger partial charge in [-0.1, -0.05) is 29.8 Å². The molecule has 1 aromatic carbocycles. The molecule has 3 aromatic rings. The van der Waals surface area contributed by atoms with Gasteiger partial charge in [0, 0.05) is 31.6 Å². The van der Waals surface area contributed by atoms with E-state index >= 15 is 0 Å². The number of carbonyl (C=O) groups is 2. The third-order valence-electron chi connectivity index (χ3n) is 5.48. The van der Waals surface area contributed by atoms with Crippen LogP contribution in [0.25, 0.3) is 11.1 Å². The highest BCUT2D eigenvalue weighted by molar-refractivity contribution is 7.17. The van der Waals surface area contributed by atoms with Gasteiger partial charge < -0.3 is 20.7 Å². The van der Waals surface area contributed by atoms with Crippen LogP contribution in [0.3, 0.4) is 0 Å². The van der Waals surface area contributed by atoms with Crippen molar-refractivity contribution >= 4 is 39.7 Å². The molecule has 0 spiro atoms. The van der Waals surface area contributed by atoms with E-state index in [0.717, 1.165) is 25.1 Å². The Morgan fingerprint density at radius 2 is 1.77 bits per heavy atom. The summed E-state index contributed by atoms with van der Waals surface area (Å²) in [5.41, 5.74) is 7.41. The molecule has 0 unspecified atom stereocenters. The van der Waals surface area contributed by atoms with Crippen molar-refractivity contribution in [1.82, 2.24) is 9.13 Å². The SMILES string of the molecule is CCOC(=O)c1c(NC(=O)Cn2c(=O)c(N(C)C)c(N)n(C)c2=O)sc(C)c1-c1ccc(C)cc1. The molecule has 0 aliphatic heterocycles. The fraction of sp³-hybridized carbons (Fsp3) is 0.333. The van der Waals surface area contributed by atoms with Gasteiger partial charge in [0.05, 0.1) is 6.61 Å². The van der Waals surface area contributed by atoms with Gasteiger partial charge in [-0.15, -0.1) is 11.3 Å². The molecule has 0 saturated heterocycles. The minimum Gasteiger partial charge on any atom is -0.462 e. The number of thiophene rings is 1. The number of nitrogen functional groups attached to an aromatic ring is 1. The zero-order chi connectivity index (χ0) is 26.0. The Morgan fingerprint density at radius 3 is 2.34 bits per heavy atom. The van der Waals surface area contributed by atoms with Crippen molar-refractivity contribution in [2.45, 2.75) is 27.3 Å². The minimum absolute atomic E-state index is 0.00266. The van der Waals surface area contributed by atoms with Crippen LogP contribution >= 0.6 is 11.3 Å². The highest BCUT2D eigenvalue weighted by Gasteiger charge is 2.26. The van der Waals surface area contributed by atoms with Gasteiger partial charge in [-0.2, -0.15) is 0 Å². The first-order valence-corrected chi connectivity index (χ1v) is 11.7. The number of anilines is 3. The summed E-state index contributed by atoms with van der Waals surface area (Å²) in [6, 6.07) is 7.68. The topological polar surface area (TPSA) is 129 Å². The van der Waals surface area contributed by atoms with Gasteiger partial charge in [-0.25, -0.2) is 14.2 Å². The molecule has 10 nitrogen and oxygen atoms in total. The number of hydrogen-bond donors (Lipinski definition) is 2. The molecule has 3 N–H and O–H groups in total. The smallest absolute Gasteiger partial charge is 0.341 e. The Labute approximate surface area is 206 Å². The van der Waals surface area contributed by atoms with Crippen molar-refractivity contribution in [2.24, 2.45) is 7.05 Å². The number of aryl methyl sites for hydroxylation is 2. The molecule has 0 bridgehead atoms. The second-order valence-electron chi connectivity index (χ2n) is 8.23. The van der Waals surface area contributed by atoms with Crippen LogP contribution in [0, 0.1) is 13.8 Å². The van der Waals surface area contributed by atoms with Crippen LogP contribution in [0.2, 0.25) is 0 Å². The molecule has 2 heterocycles. The van der Waals surface area contributed by atoms with Gasteiger partial charge in [0.1, 0.15) is 28.6 Å². The lowest BCUT2D eigenvalue weighted by Crippen LogP contribution is -2.44. The number of aromatic nitrogens is 2. The maximum atomic E-state index is 13.0. The van der Waals surface area contributed by atoms with Crippen molar-refractivity contribution in [1.29, 1.82) is 0 Å². The number of benzene rings is 1. The summed E-state index contributed by atoms with van der Waals surface area (Å²) in [6.07, 6.45) is 0. The molecule has 0 saturated carbocycles. The summed E-state index contributed by atoms with van der Waals surface area (Å²) < 4.78 is 7.19. The maximum absolute atomic E-state index is 13.0. The summed E-state index contributed by atoms with van der Waals surface area (Å²) in [5, 5.41) is 2.99. The monoisotopic (exact) mass is 499 g/mol. The van der Waals surface area contributed by atoms with Crippen LogP contribution in [0.1, 0.15) is 27.7 Å². The van der Waals surface area contributed by atoms with Crippen molar-refractivity contribution in [2.75, 3.05) is 36.7 Å². The van der Waals surface area contributed by atoms with Gasteiger partial charge in [-0.05, 0) is 26.3 Å². The van der Waals surface area contributed by atoms with Crippen LogP contribution in [-0.2, 0) is 23.1 Å². The number of esters is 1. The summed E-state index contributed by atoms with van der Waals surface area (Å²) in [6.45, 7) is 5.13. The molecule has 11 heteroatoms.